The van der Waals surface area contributed by atoms with Gasteiger partial charge in [0.2, 0.25) is 0 Å². The Morgan fingerprint density at radius 3 is 2.64 bits per heavy atom. The molecule has 33 heavy (non-hydrogen) atoms. The highest BCUT2D eigenvalue weighted by molar-refractivity contribution is 6.05. The zero-order chi connectivity index (χ0) is 23.8. The van der Waals surface area contributed by atoms with Crippen LogP contribution in [0.25, 0.3) is 5.65 Å². The predicted molar refractivity (Wildman–Crippen MR) is 129 cm³/mol. The number of hydrogen-bond donors (Lipinski definition) is 1. The molecule has 1 aliphatic rings. The summed E-state index contributed by atoms with van der Waals surface area (Å²) in [7, 11) is 0. The van der Waals surface area contributed by atoms with E-state index in [0.29, 0.717) is 29.8 Å². The molecule has 0 saturated carbocycles. The molecule has 1 amide bonds. The molecule has 0 aliphatic carbocycles. The van der Waals surface area contributed by atoms with Crippen LogP contribution in [0, 0.1) is 6.92 Å². The van der Waals surface area contributed by atoms with Gasteiger partial charge in [-0.25, -0.2) is 4.98 Å². The first-order valence-corrected chi connectivity index (χ1v) is 11.4. The second kappa shape index (κ2) is 8.97. The summed E-state index contributed by atoms with van der Waals surface area (Å²) >= 11 is 0. The van der Waals surface area contributed by atoms with Crippen molar-refractivity contribution in [3.8, 4) is 5.75 Å². The molecule has 0 spiro atoms. The molecule has 3 aromatic heterocycles. The molecule has 0 radical (unpaired) electrons. The zero-order valence-corrected chi connectivity index (χ0v) is 20.3. The van der Waals surface area contributed by atoms with Crippen molar-refractivity contribution in [3.63, 3.8) is 0 Å². The lowest BCUT2D eigenvalue weighted by atomic mass is 10.0. The lowest BCUT2D eigenvalue weighted by Crippen LogP contribution is -2.58. The normalized spacial score (nSPS) is 17.4. The van der Waals surface area contributed by atoms with Crippen LogP contribution in [-0.4, -0.2) is 68.2 Å². The fraction of sp³-hybridized carbons (Fsp3) is 0.500. The van der Waals surface area contributed by atoms with Crippen molar-refractivity contribution in [2.75, 3.05) is 36.5 Å². The van der Waals surface area contributed by atoms with E-state index in [0.717, 1.165) is 36.8 Å². The third-order valence-corrected chi connectivity index (χ3v) is 5.92. The number of carbonyl (C=O) groups excluding carboxylic acids is 1. The van der Waals surface area contributed by atoms with Crippen LogP contribution in [0.1, 0.15) is 50.7 Å². The van der Waals surface area contributed by atoms with Gasteiger partial charge in [-0.05, 0) is 53.7 Å². The number of ether oxygens (including phenoxy) is 1. The number of aromatic nitrogens is 4. The van der Waals surface area contributed by atoms with Gasteiger partial charge in [0.15, 0.2) is 11.6 Å². The summed E-state index contributed by atoms with van der Waals surface area (Å²) in [4.78, 5) is 22.2. The first-order valence-electron chi connectivity index (χ1n) is 11.4. The highest BCUT2D eigenvalue weighted by atomic mass is 16.5. The van der Waals surface area contributed by atoms with Gasteiger partial charge in [-0.2, -0.15) is 0 Å². The zero-order valence-electron chi connectivity index (χ0n) is 20.3. The molecule has 1 N–H and O–H groups in total. The van der Waals surface area contributed by atoms with E-state index in [-0.39, 0.29) is 11.4 Å². The topological polar surface area (TPSA) is 87.9 Å². The number of rotatable bonds is 5. The van der Waals surface area contributed by atoms with Crippen molar-refractivity contribution in [2.24, 2.45) is 0 Å². The van der Waals surface area contributed by atoms with E-state index >= 15 is 0 Å². The lowest BCUT2D eigenvalue weighted by molar-refractivity contribution is 0.0796. The number of piperazine rings is 1. The van der Waals surface area contributed by atoms with Gasteiger partial charge in [0.1, 0.15) is 11.4 Å². The number of amides is 1. The lowest BCUT2D eigenvalue weighted by Gasteiger charge is -2.47. The van der Waals surface area contributed by atoms with Crippen LogP contribution in [0.3, 0.4) is 0 Å². The summed E-state index contributed by atoms with van der Waals surface area (Å²) in [6.45, 7) is 16.0. The molecule has 9 heteroatoms. The summed E-state index contributed by atoms with van der Waals surface area (Å²) in [5, 5.41) is 11.5. The molecule has 4 rings (SSSR count). The molecule has 4 heterocycles. The largest absolute Gasteiger partial charge is 0.493 e. The van der Waals surface area contributed by atoms with Gasteiger partial charge in [0.25, 0.3) is 5.91 Å². The van der Waals surface area contributed by atoms with Crippen molar-refractivity contribution in [2.45, 2.75) is 53.1 Å². The fourth-order valence-electron chi connectivity index (χ4n) is 4.49. The monoisotopic (exact) mass is 451 g/mol. The van der Waals surface area contributed by atoms with Crippen LogP contribution in [0.5, 0.6) is 5.75 Å². The number of anilines is 2. The minimum absolute atomic E-state index is 0.143. The molecule has 1 saturated heterocycles. The Morgan fingerprint density at radius 1 is 1.21 bits per heavy atom. The number of nitrogens with zero attached hydrogens (tertiary/aromatic N) is 6. The highest BCUT2D eigenvalue weighted by Crippen LogP contribution is 2.25. The van der Waals surface area contributed by atoms with Gasteiger partial charge in [0, 0.05) is 49.7 Å². The Hall–Kier alpha value is -3.20. The van der Waals surface area contributed by atoms with E-state index in [2.05, 4.69) is 58.0 Å². The molecule has 0 unspecified atom stereocenters. The molecule has 3 aromatic rings. The van der Waals surface area contributed by atoms with Crippen LogP contribution in [0.15, 0.2) is 30.6 Å². The third-order valence-electron chi connectivity index (χ3n) is 5.92. The van der Waals surface area contributed by atoms with Crippen molar-refractivity contribution in [1.29, 1.82) is 0 Å². The molecule has 9 nitrogen and oxygen atoms in total. The molecular formula is C24H33N7O2. The van der Waals surface area contributed by atoms with Gasteiger partial charge in [-0.15, -0.1) is 10.2 Å². The average Bonchev–Trinajstić information content (AvgIpc) is 3.12. The van der Waals surface area contributed by atoms with E-state index in [1.165, 1.54) is 0 Å². The molecular weight excluding hydrogens is 418 g/mol. The van der Waals surface area contributed by atoms with E-state index < -0.39 is 0 Å². The van der Waals surface area contributed by atoms with Crippen LogP contribution < -0.4 is 15.0 Å². The summed E-state index contributed by atoms with van der Waals surface area (Å²) in [6.07, 6.45) is 3.60. The predicted octanol–water partition coefficient (Wildman–Crippen LogP) is 3.39. The van der Waals surface area contributed by atoms with Crippen molar-refractivity contribution in [1.82, 2.24) is 24.5 Å². The van der Waals surface area contributed by atoms with Gasteiger partial charge >= 0.3 is 0 Å². The van der Waals surface area contributed by atoms with E-state index in [4.69, 9.17) is 4.74 Å². The standard InChI is InChI=1S/C24H33N7O2/c1-7-33-19-12-22-25-16(2)13-30(22)15-18(19)23(32)26-20-8-9-21(28-27-20)29-10-11-31(17(3)14-29)24(4,5)6/h8-9,12-13,15,17H,7,10-11,14H2,1-6H3,(H,26,27,32)/t17-/m0/s1. The summed E-state index contributed by atoms with van der Waals surface area (Å²) in [6, 6.07) is 5.90. The number of hydrogen-bond acceptors (Lipinski definition) is 7. The number of aryl methyl sites for hydroxylation is 1. The van der Waals surface area contributed by atoms with E-state index in [1.807, 2.05) is 30.5 Å². The van der Waals surface area contributed by atoms with Gasteiger partial charge in [-0.3, -0.25) is 9.69 Å². The number of carbonyl (C=O) groups is 1. The maximum absolute atomic E-state index is 13.0. The number of pyridine rings is 1. The van der Waals surface area contributed by atoms with E-state index in [9.17, 15) is 4.79 Å². The van der Waals surface area contributed by atoms with Crippen LogP contribution >= 0.6 is 0 Å². The maximum Gasteiger partial charge on any atom is 0.262 e. The minimum Gasteiger partial charge on any atom is -0.493 e. The Kier molecular flexibility index (Phi) is 6.25. The Bertz CT molecular complexity index is 1130. The molecule has 1 aliphatic heterocycles. The number of fused-ring (bicyclic) bond motifs is 1. The first kappa shape index (κ1) is 23.0. The SMILES string of the molecule is CCOc1cc2nc(C)cn2cc1C(=O)Nc1ccc(N2CCN(C(C)(C)C)[C@@H](C)C2)nn1. The fourth-order valence-corrected chi connectivity index (χ4v) is 4.49. The Morgan fingerprint density at radius 2 is 2.00 bits per heavy atom. The van der Waals surface area contributed by atoms with E-state index in [1.54, 1.807) is 18.3 Å². The van der Waals surface area contributed by atoms with Gasteiger partial charge in [-0.1, -0.05) is 0 Å². The minimum atomic E-state index is -0.304. The Balaban J connectivity index is 1.47. The Labute approximate surface area is 194 Å². The summed E-state index contributed by atoms with van der Waals surface area (Å²) < 4.78 is 7.51. The molecule has 1 fully saturated rings. The van der Waals surface area contributed by atoms with Crippen molar-refractivity contribution in [3.05, 3.63) is 41.9 Å². The average molecular weight is 452 g/mol. The number of imidazole rings is 1. The van der Waals surface area contributed by atoms with Crippen LogP contribution in [0.2, 0.25) is 0 Å². The summed E-state index contributed by atoms with van der Waals surface area (Å²) in [5.41, 5.74) is 2.16. The maximum atomic E-state index is 13.0. The third kappa shape index (κ3) is 4.93. The van der Waals surface area contributed by atoms with Crippen LogP contribution in [0.4, 0.5) is 11.6 Å². The van der Waals surface area contributed by atoms with Gasteiger partial charge < -0.3 is 19.4 Å². The van der Waals surface area contributed by atoms with Crippen molar-refractivity contribution >= 4 is 23.2 Å². The smallest absolute Gasteiger partial charge is 0.262 e. The molecule has 0 bridgehead atoms. The number of nitrogens with one attached hydrogen (secondary N) is 1. The van der Waals surface area contributed by atoms with Crippen molar-refractivity contribution < 1.29 is 9.53 Å². The summed E-state index contributed by atoms with van der Waals surface area (Å²) in [5.74, 6) is 1.40. The van der Waals surface area contributed by atoms with Gasteiger partial charge in [0.05, 0.1) is 17.9 Å². The van der Waals surface area contributed by atoms with Crippen LogP contribution in [-0.2, 0) is 0 Å². The molecule has 176 valence electrons. The second-order valence-electron chi connectivity index (χ2n) is 9.52. The quantitative estimate of drug-likeness (QED) is 0.636. The first-order chi connectivity index (χ1) is 15.7. The second-order valence-corrected chi connectivity index (χ2v) is 9.52. The molecule has 0 aromatic carbocycles. The highest BCUT2D eigenvalue weighted by Gasteiger charge is 2.31. The molecule has 1 atom stereocenters.